The van der Waals surface area contributed by atoms with Crippen molar-refractivity contribution < 1.29 is 4.74 Å². The lowest BCUT2D eigenvalue weighted by Gasteiger charge is -2.22. The molecular formula is C18H26N2OS. The summed E-state index contributed by atoms with van der Waals surface area (Å²) in [7, 11) is 0. The van der Waals surface area contributed by atoms with Crippen molar-refractivity contribution in [2.24, 2.45) is 0 Å². The van der Waals surface area contributed by atoms with Crippen LogP contribution in [-0.4, -0.2) is 17.1 Å². The molecule has 0 atom stereocenters. The summed E-state index contributed by atoms with van der Waals surface area (Å²) in [5, 5.41) is 4.72. The van der Waals surface area contributed by atoms with Crippen molar-refractivity contribution in [3.63, 3.8) is 0 Å². The summed E-state index contributed by atoms with van der Waals surface area (Å²) in [6.45, 7) is 8.41. The van der Waals surface area contributed by atoms with Crippen LogP contribution in [0.2, 0.25) is 0 Å². The molecule has 120 valence electrons. The smallest absolute Gasteiger partial charge is 0.184 e. The minimum atomic E-state index is 0.198. The van der Waals surface area contributed by atoms with E-state index in [0.717, 1.165) is 16.4 Å². The van der Waals surface area contributed by atoms with Gasteiger partial charge in [-0.1, -0.05) is 30.6 Å². The van der Waals surface area contributed by atoms with Crippen LogP contribution in [0.3, 0.4) is 0 Å². The number of aryl methyl sites for hydroxylation is 2. The highest BCUT2D eigenvalue weighted by atomic mass is 32.1. The first kappa shape index (κ1) is 15.6. The monoisotopic (exact) mass is 318 g/mol. The molecule has 1 N–H and O–H groups in total. The van der Waals surface area contributed by atoms with E-state index in [1.54, 1.807) is 11.3 Å². The van der Waals surface area contributed by atoms with Crippen LogP contribution in [0.1, 0.15) is 57.1 Å². The number of hydrogen-bond donors (Lipinski definition) is 1. The molecular weight excluding hydrogens is 292 g/mol. The summed E-state index contributed by atoms with van der Waals surface area (Å²) >= 11 is 1.77. The molecule has 22 heavy (non-hydrogen) atoms. The maximum absolute atomic E-state index is 5.95. The molecule has 1 aromatic heterocycles. The summed E-state index contributed by atoms with van der Waals surface area (Å²) in [5.41, 5.74) is 3.53. The van der Waals surface area contributed by atoms with E-state index in [0.29, 0.717) is 6.04 Å². The number of thiazole rings is 1. The Morgan fingerprint density at radius 2 is 1.95 bits per heavy atom. The minimum Gasteiger partial charge on any atom is -0.491 e. The maximum Gasteiger partial charge on any atom is 0.184 e. The molecule has 1 fully saturated rings. The first-order chi connectivity index (χ1) is 10.5. The Morgan fingerprint density at radius 3 is 2.64 bits per heavy atom. The van der Waals surface area contributed by atoms with Crippen molar-refractivity contribution in [3.05, 3.63) is 17.2 Å². The number of anilines is 1. The van der Waals surface area contributed by atoms with Gasteiger partial charge in [0.1, 0.15) is 5.75 Å². The summed E-state index contributed by atoms with van der Waals surface area (Å²) in [4.78, 5) is 4.84. The molecule has 1 heterocycles. The molecule has 1 aromatic carbocycles. The quantitative estimate of drug-likeness (QED) is 0.814. The van der Waals surface area contributed by atoms with Crippen molar-refractivity contribution in [2.75, 3.05) is 5.32 Å². The van der Waals surface area contributed by atoms with Crippen LogP contribution in [-0.2, 0) is 0 Å². The Hall–Kier alpha value is -1.29. The van der Waals surface area contributed by atoms with E-state index in [4.69, 9.17) is 9.72 Å². The predicted octanol–water partition coefficient (Wildman–Crippen LogP) is 5.44. The lowest BCUT2D eigenvalue weighted by atomic mass is 9.96. The lowest BCUT2D eigenvalue weighted by Crippen LogP contribution is -2.21. The molecule has 0 unspecified atom stereocenters. The second-order valence-electron chi connectivity index (χ2n) is 6.66. The van der Waals surface area contributed by atoms with Crippen molar-refractivity contribution in [2.45, 2.75) is 71.9 Å². The Balaban J connectivity index is 1.91. The number of benzene rings is 1. The fraction of sp³-hybridized carbons (Fsp3) is 0.611. The molecule has 0 aliphatic heterocycles. The summed E-state index contributed by atoms with van der Waals surface area (Å²) in [5.74, 6) is 0.993. The molecule has 0 amide bonds. The molecule has 4 heteroatoms. The minimum absolute atomic E-state index is 0.198. The van der Waals surface area contributed by atoms with E-state index in [1.807, 2.05) is 0 Å². The SMILES string of the molecule is Cc1cc(OC(C)C)c(C)c2sc(NC3CCCCC3)nc12. The fourth-order valence-corrected chi connectivity index (χ4v) is 4.30. The summed E-state index contributed by atoms with van der Waals surface area (Å²) in [6, 6.07) is 2.73. The van der Waals surface area contributed by atoms with Crippen molar-refractivity contribution in [3.8, 4) is 5.75 Å². The number of nitrogens with one attached hydrogen (secondary N) is 1. The van der Waals surface area contributed by atoms with Crippen LogP contribution in [0, 0.1) is 13.8 Å². The van der Waals surface area contributed by atoms with Gasteiger partial charge in [-0.15, -0.1) is 0 Å². The van der Waals surface area contributed by atoms with Gasteiger partial charge in [-0.25, -0.2) is 4.98 Å². The normalized spacial score (nSPS) is 16.4. The molecule has 0 radical (unpaired) electrons. The van der Waals surface area contributed by atoms with Gasteiger partial charge in [0.25, 0.3) is 0 Å². The van der Waals surface area contributed by atoms with E-state index in [1.165, 1.54) is 47.9 Å². The third-order valence-corrected chi connectivity index (χ3v) is 5.46. The molecule has 0 saturated heterocycles. The summed E-state index contributed by atoms with van der Waals surface area (Å²) < 4.78 is 7.21. The predicted molar refractivity (Wildman–Crippen MR) is 95.4 cm³/mol. The largest absolute Gasteiger partial charge is 0.491 e. The van der Waals surface area contributed by atoms with Gasteiger partial charge in [-0.05, 0) is 52.2 Å². The van der Waals surface area contributed by atoms with Crippen LogP contribution >= 0.6 is 11.3 Å². The van der Waals surface area contributed by atoms with Gasteiger partial charge in [0, 0.05) is 11.6 Å². The van der Waals surface area contributed by atoms with Gasteiger partial charge in [-0.2, -0.15) is 0 Å². The number of fused-ring (bicyclic) bond motifs is 1. The standard InChI is InChI=1S/C18H26N2OS/c1-11(2)21-15-10-12(3)16-17(13(15)4)22-18(20-16)19-14-8-6-5-7-9-14/h10-11,14H,5-9H2,1-4H3,(H,19,20). The number of nitrogens with zero attached hydrogens (tertiary/aromatic N) is 1. The van der Waals surface area contributed by atoms with Crippen molar-refractivity contribution in [1.82, 2.24) is 4.98 Å². The Bertz CT molecular complexity index is 657. The van der Waals surface area contributed by atoms with E-state index in [2.05, 4.69) is 39.1 Å². The van der Waals surface area contributed by atoms with Gasteiger partial charge in [0.15, 0.2) is 5.13 Å². The zero-order valence-electron chi connectivity index (χ0n) is 14.0. The molecule has 1 aliphatic carbocycles. The summed E-state index contributed by atoms with van der Waals surface area (Å²) in [6.07, 6.45) is 6.81. The van der Waals surface area contributed by atoms with Gasteiger partial charge < -0.3 is 10.1 Å². The van der Waals surface area contributed by atoms with E-state index < -0.39 is 0 Å². The zero-order chi connectivity index (χ0) is 15.7. The maximum atomic E-state index is 5.95. The topological polar surface area (TPSA) is 34.1 Å². The lowest BCUT2D eigenvalue weighted by molar-refractivity contribution is 0.241. The van der Waals surface area contributed by atoms with Crippen LogP contribution in [0.5, 0.6) is 5.75 Å². The fourth-order valence-electron chi connectivity index (χ4n) is 3.19. The third kappa shape index (κ3) is 3.22. The van der Waals surface area contributed by atoms with E-state index >= 15 is 0 Å². The Labute approximate surface area is 137 Å². The highest BCUT2D eigenvalue weighted by molar-refractivity contribution is 7.22. The van der Waals surface area contributed by atoms with Crippen LogP contribution < -0.4 is 10.1 Å². The van der Waals surface area contributed by atoms with Crippen molar-refractivity contribution >= 4 is 26.7 Å². The first-order valence-electron chi connectivity index (χ1n) is 8.38. The van der Waals surface area contributed by atoms with E-state index in [-0.39, 0.29) is 6.10 Å². The Kier molecular flexibility index (Phi) is 4.57. The van der Waals surface area contributed by atoms with Gasteiger partial charge in [0.05, 0.1) is 16.3 Å². The van der Waals surface area contributed by atoms with E-state index in [9.17, 15) is 0 Å². The second kappa shape index (κ2) is 6.45. The first-order valence-corrected chi connectivity index (χ1v) is 9.20. The highest BCUT2D eigenvalue weighted by Gasteiger charge is 2.17. The van der Waals surface area contributed by atoms with Gasteiger partial charge in [0.2, 0.25) is 0 Å². The molecule has 3 rings (SSSR count). The van der Waals surface area contributed by atoms with Gasteiger partial charge >= 0.3 is 0 Å². The van der Waals surface area contributed by atoms with Crippen LogP contribution in [0.15, 0.2) is 6.07 Å². The second-order valence-corrected chi connectivity index (χ2v) is 7.66. The molecule has 1 saturated carbocycles. The zero-order valence-corrected chi connectivity index (χ0v) is 14.8. The molecule has 2 aromatic rings. The Morgan fingerprint density at radius 1 is 1.23 bits per heavy atom. The third-order valence-electron chi connectivity index (χ3n) is 4.35. The van der Waals surface area contributed by atoms with Crippen LogP contribution in [0.4, 0.5) is 5.13 Å². The number of rotatable bonds is 4. The molecule has 0 bridgehead atoms. The molecule has 0 spiro atoms. The molecule has 1 aliphatic rings. The van der Waals surface area contributed by atoms with Gasteiger partial charge in [-0.3, -0.25) is 0 Å². The van der Waals surface area contributed by atoms with Crippen molar-refractivity contribution in [1.29, 1.82) is 0 Å². The van der Waals surface area contributed by atoms with Crippen LogP contribution in [0.25, 0.3) is 10.2 Å². The number of hydrogen-bond acceptors (Lipinski definition) is 4. The highest BCUT2D eigenvalue weighted by Crippen LogP contribution is 2.37. The number of aromatic nitrogens is 1. The number of ether oxygens (including phenoxy) is 1. The molecule has 3 nitrogen and oxygen atoms in total. The average Bonchev–Trinajstić information content (AvgIpc) is 2.90. The average molecular weight is 318 g/mol.